The van der Waals surface area contributed by atoms with Crippen LogP contribution in [-0.2, 0) is 6.42 Å². The molecule has 1 aromatic heterocycles. The van der Waals surface area contributed by atoms with Crippen molar-refractivity contribution in [2.45, 2.75) is 32.7 Å². The number of pyridine rings is 1. The molecule has 1 aliphatic rings. The number of hydrogen-bond acceptors (Lipinski definition) is 7. The predicted octanol–water partition coefficient (Wildman–Crippen LogP) is 2.95. The van der Waals surface area contributed by atoms with E-state index < -0.39 is 16.8 Å². The highest BCUT2D eigenvalue weighted by Crippen LogP contribution is 2.45. The zero-order chi connectivity index (χ0) is 23.2. The third-order valence-corrected chi connectivity index (χ3v) is 6.18. The molecule has 4 rings (SSSR count). The second kappa shape index (κ2) is 7.78. The second-order valence-electron chi connectivity index (χ2n) is 9.05. The molecule has 32 heavy (non-hydrogen) atoms. The number of aryl methyl sites for hydroxylation is 1. The summed E-state index contributed by atoms with van der Waals surface area (Å²) in [5.74, 6) is -0.858. The summed E-state index contributed by atoms with van der Waals surface area (Å²) in [7, 11) is 3.10. The molecule has 0 radical (unpaired) electrons. The molecular weight excluding hydrogens is 408 g/mol. The highest BCUT2D eigenvalue weighted by atomic mass is 16.3. The van der Waals surface area contributed by atoms with Crippen LogP contribution in [0.15, 0.2) is 46.1 Å². The van der Waals surface area contributed by atoms with Gasteiger partial charge >= 0.3 is 0 Å². The summed E-state index contributed by atoms with van der Waals surface area (Å²) in [6.07, 6.45) is 3.24. The molecular formula is C24H26N4O4. The van der Waals surface area contributed by atoms with Gasteiger partial charge < -0.3 is 20.6 Å². The molecule has 0 spiro atoms. The van der Waals surface area contributed by atoms with Gasteiger partial charge in [-0.3, -0.25) is 14.4 Å². The van der Waals surface area contributed by atoms with Crippen LogP contribution in [0.25, 0.3) is 0 Å². The minimum atomic E-state index is -0.675. The summed E-state index contributed by atoms with van der Waals surface area (Å²) in [6.45, 7) is 4.26. The number of fused-ring (bicyclic) bond motifs is 1. The molecule has 8 nitrogen and oxygen atoms in total. The molecule has 0 bridgehead atoms. The van der Waals surface area contributed by atoms with E-state index in [2.05, 4.69) is 35.5 Å². The topological polar surface area (TPSA) is 112 Å². The van der Waals surface area contributed by atoms with E-state index in [4.69, 9.17) is 0 Å². The van der Waals surface area contributed by atoms with Crippen molar-refractivity contribution in [1.82, 2.24) is 9.88 Å². The molecule has 0 aliphatic heterocycles. The molecule has 1 atom stereocenters. The highest BCUT2D eigenvalue weighted by molar-refractivity contribution is 5.97. The number of amides is 1. The first kappa shape index (κ1) is 21.5. The molecule has 0 fully saturated rings. The van der Waals surface area contributed by atoms with E-state index >= 15 is 0 Å². The average molecular weight is 434 g/mol. The molecule has 3 aromatic rings. The Morgan fingerprint density at radius 2 is 1.81 bits per heavy atom. The molecule has 2 aromatic carbocycles. The van der Waals surface area contributed by atoms with Crippen LogP contribution in [0.3, 0.4) is 0 Å². The Labute approximate surface area is 185 Å². The first-order chi connectivity index (χ1) is 15.1. The molecule has 0 saturated heterocycles. The van der Waals surface area contributed by atoms with Gasteiger partial charge in [-0.15, -0.1) is 0 Å². The lowest BCUT2D eigenvalue weighted by Gasteiger charge is -2.41. The molecule has 1 amide bonds. The van der Waals surface area contributed by atoms with Crippen molar-refractivity contribution in [2.24, 2.45) is 5.41 Å². The van der Waals surface area contributed by atoms with Crippen molar-refractivity contribution in [3.05, 3.63) is 73.8 Å². The van der Waals surface area contributed by atoms with Crippen molar-refractivity contribution in [2.75, 3.05) is 24.7 Å². The Balaban J connectivity index is 1.68. The minimum absolute atomic E-state index is 0.0682. The third kappa shape index (κ3) is 3.51. The number of rotatable bonds is 5. The zero-order valence-corrected chi connectivity index (χ0v) is 18.5. The number of carbonyl (C=O) groups excluding carboxylic acids is 1. The van der Waals surface area contributed by atoms with Crippen molar-refractivity contribution in [3.8, 4) is 5.75 Å². The molecule has 1 heterocycles. The van der Waals surface area contributed by atoms with Crippen LogP contribution in [-0.4, -0.2) is 35.0 Å². The molecule has 1 aliphatic carbocycles. The number of hydrogen-bond donors (Lipinski definition) is 3. The fourth-order valence-electron chi connectivity index (χ4n) is 4.19. The normalized spacial score (nSPS) is 16.9. The van der Waals surface area contributed by atoms with Gasteiger partial charge in [0.2, 0.25) is 0 Å². The Kier molecular flexibility index (Phi) is 5.24. The fourth-order valence-corrected chi connectivity index (χ4v) is 4.19. The largest absolute Gasteiger partial charge is 0.504 e. The number of aromatic nitrogens is 1. The smallest absolute Gasteiger partial charge is 0.275 e. The molecule has 3 N–H and O–H groups in total. The van der Waals surface area contributed by atoms with Gasteiger partial charge in [-0.1, -0.05) is 38.1 Å². The Bertz CT molecular complexity index is 1270. The summed E-state index contributed by atoms with van der Waals surface area (Å²) in [5.41, 5.74) is 1.13. The van der Waals surface area contributed by atoms with Crippen molar-refractivity contribution >= 4 is 23.0 Å². The Hall–Kier alpha value is -3.68. The van der Waals surface area contributed by atoms with Crippen LogP contribution in [0.5, 0.6) is 5.75 Å². The second-order valence-corrected chi connectivity index (χ2v) is 9.05. The van der Waals surface area contributed by atoms with E-state index in [1.165, 1.54) is 22.7 Å². The van der Waals surface area contributed by atoms with Gasteiger partial charge in [0.25, 0.3) is 16.8 Å². The third-order valence-electron chi connectivity index (χ3n) is 6.18. The summed E-state index contributed by atoms with van der Waals surface area (Å²) >= 11 is 0. The monoisotopic (exact) mass is 434 g/mol. The molecule has 0 saturated carbocycles. The van der Waals surface area contributed by atoms with E-state index in [0.29, 0.717) is 0 Å². The van der Waals surface area contributed by atoms with Crippen LogP contribution in [0.4, 0.5) is 17.1 Å². The van der Waals surface area contributed by atoms with Crippen molar-refractivity contribution in [3.63, 3.8) is 0 Å². The lowest BCUT2D eigenvalue weighted by Crippen LogP contribution is -2.41. The van der Waals surface area contributed by atoms with Crippen LogP contribution >= 0.6 is 0 Å². The minimum Gasteiger partial charge on any atom is -0.504 e. The maximum Gasteiger partial charge on any atom is 0.275 e. The highest BCUT2D eigenvalue weighted by Gasteiger charge is 2.38. The van der Waals surface area contributed by atoms with Gasteiger partial charge in [-0.2, -0.15) is 0 Å². The Morgan fingerprint density at radius 1 is 1.12 bits per heavy atom. The van der Waals surface area contributed by atoms with Crippen LogP contribution < -0.4 is 21.5 Å². The molecule has 166 valence electrons. The lowest BCUT2D eigenvalue weighted by molar-refractivity contribution is 0.0819. The summed E-state index contributed by atoms with van der Waals surface area (Å²) < 4.78 is 0. The quantitative estimate of drug-likeness (QED) is 0.529. The fraction of sp³-hybridized carbons (Fsp3) is 0.333. The lowest BCUT2D eigenvalue weighted by atomic mass is 9.70. The summed E-state index contributed by atoms with van der Waals surface area (Å²) in [5, 5.41) is 16.7. The van der Waals surface area contributed by atoms with Crippen LogP contribution in [0.1, 0.15) is 47.9 Å². The van der Waals surface area contributed by atoms with Gasteiger partial charge in [0.1, 0.15) is 11.4 Å². The zero-order valence-electron chi connectivity index (χ0n) is 18.5. The SMILES string of the molecule is CN(C)C(=O)c1nccc(Nc2c(NC3c4ccccc4CCC3(C)C)c(=O)c2=O)c1O. The summed E-state index contributed by atoms with van der Waals surface area (Å²) in [6, 6.07) is 9.38. The Morgan fingerprint density at radius 3 is 2.53 bits per heavy atom. The number of anilines is 3. The van der Waals surface area contributed by atoms with E-state index in [1.54, 1.807) is 14.1 Å². The van der Waals surface area contributed by atoms with Gasteiger partial charge in [0.05, 0.1) is 11.7 Å². The van der Waals surface area contributed by atoms with Gasteiger partial charge in [0.15, 0.2) is 11.4 Å². The van der Waals surface area contributed by atoms with E-state index in [0.717, 1.165) is 18.4 Å². The van der Waals surface area contributed by atoms with Gasteiger partial charge in [-0.05, 0) is 35.4 Å². The van der Waals surface area contributed by atoms with Gasteiger partial charge in [-0.25, -0.2) is 4.98 Å². The number of nitrogens with one attached hydrogen (secondary N) is 2. The van der Waals surface area contributed by atoms with E-state index in [1.807, 2.05) is 18.2 Å². The van der Waals surface area contributed by atoms with Crippen LogP contribution in [0, 0.1) is 5.41 Å². The number of benzene rings is 1. The standard InChI is InChI=1S/C24H26N4O4/c1-24(2)11-9-13-7-5-6-8-14(13)22(24)27-17-16(20(30)21(17)31)26-15-10-12-25-18(19(15)29)23(32)28(3)4/h5-8,10,12,22,27,29H,9,11H2,1-4H3,(H,25,26). The van der Waals surface area contributed by atoms with Crippen molar-refractivity contribution in [1.29, 1.82) is 0 Å². The number of carbonyl (C=O) groups is 1. The average Bonchev–Trinajstić information content (AvgIpc) is 2.77. The summed E-state index contributed by atoms with van der Waals surface area (Å²) in [4.78, 5) is 42.3. The van der Waals surface area contributed by atoms with Crippen LogP contribution in [0.2, 0.25) is 0 Å². The van der Waals surface area contributed by atoms with Crippen molar-refractivity contribution < 1.29 is 9.90 Å². The molecule has 1 unspecified atom stereocenters. The maximum absolute atomic E-state index is 12.5. The molecule has 8 heteroatoms. The first-order valence-electron chi connectivity index (χ1n) is 10.5. The first-order valence-corrected chi connectivity index (χ1v) is 10.5. The van der Waals surface area contributed by atoms with Gasteiger partial charge in [0, 0.05) is 20.3 Å². The number of aromatic hydroxyl groups is 1. The van der Waals surface area contributed by atoms with E-state index in [9.17, 15) is 19.5 Å². The number of nitrogens with zero attached hydrogens (tertiary/aromatic N) is 2. The van der Waals surface area contributed by atoms with E-state index in [-0.39, 0.29) is 40.0 Å². The maximum atomic E-state index is 12.5. The predicted molar refractivity (Wildman–Crippen MR) is 123 cm³/mol.